The number of pyridine rings is 1. The third-order valence-corrected chi connectivity index (χ3v) is 2.96. The van der Waals surface area contributed by atoms with Crippen molar-refractivity contribution < 1.29 is 0 Å². The van der Waals surface area contributed by atoms with Crippen LogP contribution in [0.4, 0.5) is 5.82 Å². The largest absolute Gasteiger partial charge is 0.362 e. The van der Waals surface area contributed by atoms with E-state index in [0.717, 1.165) is 28.7 Å². The lowest BCUT2D eigenvalue weighted by atomic mass is 10.1. The summed E-state index contributed by atoms with van der Waals surface area (Å²) in [5.41, 5.74) is 3.37. The van der Waals surface area contributed by atoms with E-state index in [1.54, 1.807) is 0 Å². The molecule has 92 valence electrons. The molecule has 0 fully saturated rings. The number of hydrogen-bond donors (Lipinski definition) is 0. The third kappa shape index (κ3) is 2.43. The summed E-state index contributed by atoms with van der Waals surface area (Å²) < 4.78 is 0. The molecule has 2 aromatic rings. The maximum Gasteiger partial charge on any atom is 0.131 e. The Morgan fingerprint density at radius 1 is 1.28 bits per heavy atom. The van der Waals surface area contributed by atoms with Crippen LogP contribution < -0.4 is 4.90 Å². The van der Waals surface area contributed by atoms with E-state index in [0.29, 0.717) is 6.42 Å². The summed E-state index contributed by atoms with van der Waals surface area (Å²) in [4.78, 5) is 6.69. The van der Waals surface area contributed by atoms with Crippen molar-refractivity contribution in [3.8, 4) is 6.07 Å². The topological polar surface area (TPSA) is 39.9 Å². The Bertz CT molecular complexity index is 609. The van der Waals surface area contributed by atoms with Crippen LogP contribution in [-0.4, -0.2) is 19.1 Å². The fourth-order valence-corrected chi connectivity index (χ4v) is 2.09. The van der Waals surface area contributed by atoms with E-state index in [-0.39, 0.29) is 0 Å². The fraction of sp³-hybridized carbons (Fsp3) is 0.333. The van der Waals surface area contributed by atoms with Gasteiger partial charge < -0.3 is 4.90 Å². The second-order valence-electron chi connectivity index (χ2n) is 4.72. The first kappa shape index (κ1) is 12.4. The maximum atomic E-state index is 8.73. The number of benzene rings is 1. The van der Waals surface area contributed by atoms with Crippen LogP contribution in [0.5, 0.6) is 0 Å². The minimum absolute atomic E-state index is 0.528. The Hall–Kier alpha value is -2.08. The Morgan fingerprint density at radius 3 is 2.72 bits per heavy atom. The molecule has 0 amide bonds. The zero-order valence-electron chi connectivity index (χ0n) is 11.1. The highest BCUT2D eigenvalue weighted by atomic mass is 15.1. The summed E-state index contributed by atoms with van der Waals surface area (Å²) in [5, 5.41) is 9.88. The maximum absolute atomic E-state index is 8.73. The van der Waals surface area contributed by atoms with Crippen molar-refractivity contribution in [2.45, 2.75) is 19.8 Å². The van der Waals surface area contributed by atoms with Gasteiger partial charge in [-0.3, -0.25) is 0 Å². The molecule has 0 aliphatic heterocycles. The van der Waals surface area contributed by atoms with E-state index in [9.17, 15) is 0 Å². The predicted molar refractivity (Wildman–Crippen MR) is 74.7 cm³/mol. The molecule has 0 aliphatic rings. The molecule has 1 aromatic carbocycles. The number of anilines is 1. The number of hydrogen-bond acceptors (Lipinski definition) is 3. The number of nitrogens with zero attached hydrogens (tertiary/aromatic N) is 3. The van der Waals surface area contributed by atoms with Crippen LogP contribution in [0.15, 0.2) is 24.3 Å². The van der Waals surface area contributed by atoms with Crippen molar-refractivity contribution in [3.05, 3.63) is 35.4 Å². The zero-order chi connectivity index (χ0) is 13.1. The standard InChI is InChI=1S/C15H17N3/c1-11-6-7-14-13(9-11)10-12(5-4-8-16)15(17-14)18(2)3/h6-7,9-10H,4-5H2,1-3H3. The average molecular weight is 239 g/mol. The van der Waals surface area contributed by atoms with Gasteiger partial charge >= 0.3 is 0 Å². The number of fused-ring (bicyclic) bond motifs is 1. The highest BCUT2D eigenvalue weighted by Gasteiger charge is 2.08. The minimum atomic E-state index is 0.528. The summed E-state index contributed by atoms with van der Waals surface area (Å²) in [6.45, 7) is 2.08. The van der Waals surface area contributed by atoms with Crippen LogP contribution in [0.1, 0.15) is 17.5 Å². The molecule has 18 heavy (non-hydrogen) atoms. The lowest BCUT2D eigenvalue weighted by Crippen LogP contribution is -2.13. The van der Waals surface area contributed by atoms with Crippen molar-refractivity contribution in [2.24, 2.45) is 0 Å². The van der Waals surface area contributed by atoms with Gasteiger partial charge in [0.2, 0.25) is 0 Å². The molecule has 0 spiro atoms. The molecule has 0 aliphatic carbocycles. The lowest BCUT2D eigenvalue weighted by Gasteiger charge is -2.17. The van der Waals surface area contributed by atoms with Gasteiger partial charge in [-0.25, -0.2) is 4.98 Å². The van der Waals surface area contributed by atoms with Crippen LogP contribution in [0, 0.1) is 18.3 Å². The Balaban J connectivity index is 2.58. The van der Waals surface area contributed by atoms with E-state index in [2.05, 4.69) is 36.2 Å². The molecule has 0 saturated carbocycles. The molecule has 0 radical (unpaired) electrons. The first-order valence-electron chi connectivity index (χ1n) is 6.06. The number of rotatable bonds is 3. The molecule has 0 saturated heterocycles. The van der Waals surface area contributed by atoms with Gasteiger partial charge in [0.05, 0.1) is 11.6 Å². The van der Waals surface area contributed by atoms with Crippen LogP contribution in [-0.2, 0) is 6.42 Å². The number of nitriles is 1. The van der Waals surface area contributed by atoms with Gasteiger partial charge in [-0.05, 0) is 37.1 Å². The SMILES string of the molecule is Cc1ccc2nc(N(C)C)c(CCC#N)cc2c1. The molecule has 0 atom stereocenters. The number of aryl methyl sites for hydroxylation is 2. The monoisotopic (exact) mass is 239 g/mol. The van der Waals surface area contributed by atoms with E-state index < -0.39 is 0 Å². The van der Waals surface area contributed by atoms with Gasteiger partial charge in [-0.1, -0.05) is 11.6 Å². The van der Waals surface area contributed by atoms with Crippen LogP contribution in [0.25, 0.3) is 10.9 Å². The summed E-state index contributed by atoms with van der Waals surface area (Å²) in [5.74, 6) is 0.960. The van der Waals surface area contributed by atoms with Gasteiger partial charge in [0.25, 0.3) is 0 Å². The summed E-state index contributed by atoms with van der Waals surface area (Å²) in [6, 6.07) is 10.6. The van der Waals surface area contributed by atoms with Gasteiger partial charge in [0.1, 0.15) is 5.82 Å². The van der Waals surface area contributed by atoms with Crippen molar-refractivity contribution in [3.63, 3.8) is 0 Å². The number of aromatic nitrogens is 1. The summed E-state index contributed by atoms with van der Waals surface area (Å²) in [6.07, 6.45) is 1.28. The molecule has 0 unspecified atom stereocenters. The molecule has 2 rings (SSSR count). The smallest absolute Gasteiger partial charge is 0.131 e. The van der Waals surface area contributed by atoms with Crippen molar-refractivity contribution in [1.82, 2.24) is 4.98 Å². The third-order valence-electron chi connectivity index (χ3n) is 2.96. The molecule has 0 N–H and O–H groups in total. The average Bonchev–Trinajstić information content (AvgIpc) is 2.34. The van der Waals surface area contributed by atoms with Crippen LogP contribution in [0.3, 0.4) is 0 Å². The molecule has 0 bridgehead atoms. The van der Waals surface area contributed by atoms with Crippen molar-refractivity contribution in [1.29, 1.82) is 5.26 Å². The predicted octanol–water partition coefficient (Wildman–Crippen LogP) is 3.07. The quantitative estimate of drug-likeness (QED) is 0.826. The summed E-state index contributed by atoms with van der Waals surface area (Å²) in [7, 11) is 3.97. The van der Waals surface area contributed by atoms with E-state index in [1.165, 1.54) is 5.56 Å². The van der Waals surface area contributed by atoms with Gasteiger partial charge in [0.15, 0.2) is 0 Å². The first-order valence-corrected chi connectivity index (χ1v) is 6.06. The molecular formula is C15H17N3. The zero-order valence-corrected chi connectivity index (χ0v) is 11.1. The van der Waals surface area contributed by atoms with Gasteiger partial charge in [-0.2, -0.15) is 5.26 Å². The Kier molecular flexibility index (Phi) is 3.47. The van der Waals surface area contributed by atoms with E-state index >= 15 is 0 Å². The van der Waals surface area contributed by atoms with Crippen LogP contribution in [0.2, 0.25) is 0 Å². The lowest BCUT2D eigenvalue weighted by molar-refractivity contribution is 0.969. The normalized spacial score (nSPS) is 10.3. The van der Waals surface area contributed by atoms with Gasteiger partial charge in [0, 0.05) is 25.9 Å². The molecule has 1 aromatic heterocycles. The highest BCUT2D eigenvalue weighted by molar-refractivity contribution is 5.82. The second-order valence-corrected chi connectivity index (χ2v) is 4.72. The Morgan fingerprint density at radius 2 is 2.06 bits per heavy atom. The highest BCUT2D eigenvalue weighted by Crippen LogP contribution is 2.24. The molecule has 3 heteroatoms. The second kappa shape index (κ2) is 5.05. The van der Waals surface area contributed by atoms with Crippen LogP contribution >= 0.6 is 0 Å². The first-order chi connectivity index (χ1) is 8.61. The van der Waals surface area contributed by atoms with Gasteiger partial charge in [-0.15, -0.1) is 0 Å². The van der Waals surface area contributed by atoms with Crippen molar-refractivity contribution in [2.75, 3.05) is 19.0 Å². The molecule has 1 heterocycles. The Labute approximate surface area is 108 Å². The minimum Gasteiger partial charge on any atom is -0.362 e. The van der Waals surface area contributed by atoms with Crippen molar-refractivity contribution >= 4 is 16.7 Å². The van der Waals surface area contributed by atoms with E-state index in [1.807, 2.05) is 25.1 Å². The molecule has 3 nitrogen and oxygen atoms in total. The summed E-state index contributed by atoms with van der Waals surface area (Å²) >= 11 is 0. The van der Waals surface area contributed by atoms with E-state index in [4.69, 9.17) is 5.26 Å². The fourth-order valence-electron chi connectivity index (χ4n) is 2.09. The molecular weight excluding hydrogens is 222 g/mol.